The van der Waals surface area contributed by atoms with Crippen molar-refractivity contribution in [2.24, 2.45) is 0 Å². The van der Waals surface area contributed by atoms with Crippen LogP contribution in [0, 0.1) is 0 Å². The number of hydrogen-bond acceptors (Lipinski definition) is 3. The van der Waals surface area contributed by atoms with Gasteiger partial charge in [0.15, 0.2) is 0 Å². The molecule has 1 unspecified atom stereocenters. The van der Waals surface area contributed by atoms with Crippen LogP contribution in [0.3, 0.4) is 0 Å². The molecule has 0 bridgehead atoms. The highest BCUT2D eigenvalue weighted by Crippen LogP contribution is 2.24. The molecule has 0 spiro atoms. The Morgan fingerprint density at radius 3 is 2.94 bits per heavy atom. The third kappa shape index (κ3) is 2.47. The van der Waals surface area contributed by atoms with Crippen LogP contribution in [0.1, 0.15) is 49.2 Å². The number of nitrogens with zero attached hydrogens (tertiary/aromatic N) is 1. The average molecular weight is 249 g/mol. The van der Waals surface area contributed by atoms with Crippen LogP contribution < -0.4 is 0 Å². The van der Waals surface area contributed by atoms with Crippen LogP contribution in [-0.2, 0) is 11.2 Å². The van der Waals surface area contributed by atoms with E-state index in [-0.39, 0.29) is 17.7 Å². The van der Waals surface area contributed by atoms with Crippen LogP contribution in [0.15, 0.2) is 16.7 Å². The summed E-state index contributed by atoms with van der Waals surface area (Å²) in [6, 6.07) is 1.79. The fourth-order valence-corrected chi connectivity index (χ4v) is 2.61. The Bertz CT molecular complexity index is 450. The Morgan fingerprint density at radius 2 is 2.28 bits per heavy atom. The molecule has 2 heterocycles. The van der Waals surface area contributed by atoms with Gasteiger partial charge in [0.2, 0.25) is 0 Å². The highest BCUT2D eigenvalue weighted by Gasteiger charge is 2.31. The van der Waals surface area contributed by atoms with Crippen LogP contribution in [0.5, 0.6) is 0 Å². The normalized spacial score (nSPS) is 19.2. The fourth-order valence-electron chi connectivity index (χ4n) is 2.61. The molecule has 98 valence electrons. The van der Waals surface area contributed by atoms with Gasteiger partial charge in [-0.2, -0.15) is 0 Å². The lowest BCUT2D eigenvalue weighted by Crippen LogP contribution is -2.36. The summed E-state index contributed by atoms with van der Waals surface area (Å²) in [6.45, 7) is 4.29. The van der Waals surface area contributed by atoms with Gasteiger partial charge in [-0.3, -0.25) is 9.59 Å². The van der Waals surface area contributed by atoms with Gasteiger partial charge >= 0.3 is 0 Å². The molecule has 0 aromatic carbocycles. The lowest BCUT2D eigenvalue weighted by atomic mass is 10.1. The van der Waals surface area contributed by atoms with Crippen molar-refractivity contribution in [3.05, 3.63) is 23.7 Å². The third-order valence-electron chi connectivity index (χ3n) is 3.46. The molecule has 0 radical (unpaired) electrons. The minimum Gasteiger partial charge on any atom is -0.469 e. The number of Topliss-reactive ketones (excluding diaryl/α,β-unsaturated/α-hetero) is 1. The molecule has 4 heteroatoms. The van der Waals surface area contributed by atoms with E-state index in [0.29, 0.717) is 18.4 Å². The first-order valence-corrected chi connectivity index (χ1v) is 6.50. The molecule has 1 amide bonds. The maximum absolute atomic E-state index is 12.4. The summed E-state index contributed by atoms with van der Waals surface area (Å²) in [7, 11) is 0. The van der Waals surface area contributed by atoms with E-state index in [9.17, 15) is 9.59 Å². The van der Waals surface area contributed by atoms with Crippen LogP contribution in [0.2, 0.25) is 0 Å². The molecule has 0 saturated carbocycles. The second kappa shape index (κ2) is 5.38. The molecule has 1 aromatic heterocycles. The van der Waals surface area contributed by atoms with Crippen molar-refractivity contribution >= 4 is 11.7 Å². The summed E-state index contributed by atoms with van der Waals surface area (Å²) in [6.07, 6.45) is 4.63. The zero-order valence-electron chi connectivity index (χ0n) is 10.9. The Morgan fingerprint density at radius 1 is 1.50 bits per heavy atom. The average Bonchev–Trinajstić information content (AvgIpc) is 2.95. The summed E-state index contributed by atoms with van der Waals surface area (Å²) >= 11 is 0. The number of ketones is 1. The molecule has 1 aliphatic heterocycles. The van der Waals surface area contributed by atoms with Gasteiger partial charge in [-0.1, -0.05) is 6.92 Å². The Labute approximate surface area is 107 Å². The van der Waals surface area contributed by atoms with Crippen molar-refractivity contribution in [1.82, 2.24) is 4.90 Å². The number of hydrogen-bond donors (Lipinski definition) is 0. The summed E-state index contributed by atoms with van der Waals surface area (Å²) in [5.41, 5.74) is 0.646. The van der Waals surface area contributed by atoms with E-state index >= 15 is 0 Å². The van der Waals surface area contributed by atoms with Gasteiger partial charge in [-0.15, -0.1) is 0 Å². The molecule has 1 aliphatic rings. The number of carbonyl (C=O) groups excluding carboxylic acids is 2. The molecule has 1 saturated heterocycles. The van der Waals surface area contributed by atoms with E-state index in [4.69, 9.17) is 4.42 Å². The lowest BCUT2D eigenvalue weighted by Gasteiger charge is -2.23. The second-order valence-electron chi connectivity index (χ2n) is 4.81. The monoisotopic (exact) mass is 249 g/mol. The summed E-state index contributed by atoms with van der Waals surface area (Å²) in [4.78, 5) is 25.5. The van der Waals surface area contributed by atoms with E-state index in [1.165, 1.54) is 0 Å². The predicted octanol–water partition coefficient (Wildman–Crippen LogP) is 2.43. The van der Waals surface area contributed by atoms with Gasteiger partial charge in [0.1, 0.15) is 11.5 Å². The first-order chi connectivity index (χ1) is 8.63. The first kappa shape index (κ1) is 12.9. The molecule has 1 aromatic rings. The van der Waals surface area contributed by atoms with Crippen molar-refractivity contribution < 1.29 is 14.0 Å². The maximum atomic E-state index is 12.4. The van der Waals surface area contributed by atoms with E-state index in [0.717, 1.165) is 25.1 Å². The highest BCUT2D eigenvalue weighted by atomic mass is 16.3. The third-order valence-corrected chi connectivity index (χ3v) is 3.46. The Hall–Kier alpha value is -1.58. The smallest absolute Gasteiger partial charge is 0.257 e. The van der Waals surface area contributed by atoms with Crippen LogP contribution >= 0.6 is 0 Å². The molecule has 1 fully saturated rings. The number of furan rings is 1. The van der Waals surface area contributed by atoms with E-state index in [1.54, 1.807) is 19.3 Å². The lowest BCUT2D eigenvalue weighted by molar-refractivity contribution is -0.117. The topological polar surface area (TPSA) is 50.5 Å². The van der Waals surface area contributed by atoms with Gasteiger partial charge in [-0.25, -0.2) is 0 Å². The van der Waals surface area contributed by atoms with Crippen molar-refractivity contribution in [2.75, 3.05) is 6.54 Å². The Balaban J connectivity index is 2.15. The van der Waals surface area contributed by atoms with Gasteiger partial charge in [0.25, 0.3) is 5.91 Å². The summed E-state index contributed by atoms with van der Waals surface area (Å²) in [5, 5.41) is 0. The van der Waals surface area contributed by atoms with E-state index < -0.39 is 0 Å². The van der Waals surface area contributed by atoms with E-state index in [2.05, 4.69) is 0 Å². The standard InChI is InChI=1S/C14H19NO3/c1-3-13-12(6-8-18-13)14(17)15-7-4-5-11(15)9-10(2)16/h6,8,11H,3-5,7,9H2,1-2H3. The Kier molecular flexibility index (Phi) is 3.84. The van der Waals surface area contributed by atoms with Gasteiger partial charge in [0.05, 0.1) is 11.8 Å². The molecule has 2 rings (SSSR count). The van der Waals surface area contributed by atoms with Crippen LogP contribution in [0.25, 0.3) is 0 Å². The second-order valence-corrected chi connectivity index (χ2v) is 4.81. The van der Waals surface area contributed by atoms with Crippen molar-refractivity contribution in [3.8, 4) is 0 Å². The highest BCUT2D eigenvalue weighted by molar-refractivity contribution is 5.95. The first-order valence-electron chi connectivity index (χ1n) is 6.50. The molecule has 0 aliphatic carbocycles. The number of likely N-dealkylation sites (tertiary alicyclic amines) is 1. The van der Waals surface area contributed by atoms with Gasteiger partial charge < -0.3 is 9.32 Å². The molecule has 18 heavy (non-hydrogen) atoms. The minimum absolute atomic E-state index is 0.00403. The molecule has 0 N–H and O–H groups in total. The minimum atomic E-state index is 0.00403. The van der Waals surface area contributed by atoms with Crippen molar-refractivity contribution in [1.29, 1.82) is 0 Å². The zero-order chi connectivity index (χ0) is 13.1. The summed E-state index contributed by atoms with van der Waals surface area (Å²) in [5.74, 6) is 0.875. The van der Waals surface area contributed by atoms with Crippen LogP contribution in [-0.4, -0.2) is 29.2 Å². The number of aryl methyl sites for hydroxylation is 1. The number of rotatable bonds is 4. The summed E-state index contributed by atoms with van der Waals surface area (Å²) < 4.78 is 5.30. The number of carbonyl (C=O) groups is 2. The van der Waals surface area contributed by atoms with Crippen molar-refractivity contribution in [3.63, 3.8) is 0 Å². The van der Waals surface area contributed by atoms with Crippen molar-refractivity contribution in [2.45, 2.75) is 45.6 Å². The fraction of sp³-hybridized carbons (Fsp3) is 0.571. The SMILES string of the molecule is CCc1occc1C(=O)N1CCCC1CC(C)=O. The molecule has 4 nitrogen and oxygen atoms in total. The largest absolute Gasteiger partial charge is 0.469 e. The van der Waals surface area contributed by atoms with Gasteiger partial charge in [-0.05, 0) is 25.8 Å². The molecule has 1 atom stereocenters. The quantitative estimate of drug-likeness (QED) is 0.823. The molecular weight excluding hydrogens is 230 g/mol. The van der Waals surface area contributed by atoms with Crippen LogP contribution in [0.4, 0.5) is 0 Å². The number of amides is 1. The maximum Gasteiger partial charge on any atom is 0.257 e. The molecular formula is C14H19NO3. The predicted molar refractivity (Wildman–Crippen MR) is 67.4 cm³/mol. The van der Waals surface area contributed by atoms with E-state index in [1.807, 2.05) is 11.8 Å². The zero-order valence-corrected chi connectivity index (χ0v) is 10.9. The van der Waals surface area contributed by atoms with Gasteiger partial charge in [0, 0.05) is 25.4 Å².